The van der Waals surface area contributed by atoms with E-state index in [0.29, 0.717) is 25.5 Å². The van der Waals surface area contributed by atoms with Crippen molar-refractivity contribution in [1.82, 2.24) is 4.90 Å². The van der Waals surface area contributed by atoms with E-state index in [-0.39, 0.29) is 11.9 Å². The molecule has 0 aliphatic carbocycles. The highest BCUT2D eigenvalue weighted by atomic mass is 16.6. The van der Waals surface area contributed by atoms with Crippen molar-refractivity contribution in [3.63, 3.8) is 0 Å². The SMILES string of the molecule is CC(C)N(Cc1ccc2c(c1)OCCO2)C(=O)c1cc2ccccc2o1. The lowest BCUT2D eigenvalue weighted by Crippen LogP contribution is -2.36. The van der Waals surface area contributed by atoms with Gasteiger partial charge in [0.05, 0.1) is 0 Å². The Bertz CT molecular complexity index is 911. The highest BCUT2D eigenvalue weighted by molar-refractivity contribution is 5.96. The number of para-hydroxylation sites is 1. The van der Waals surface area contributed by atoms with Crippen LogP contribution in [0.2, 0.25) is 0 Å². The molecule has 0 fully saturated rings. The molecule has 0 saturated heterocycles. The lowest BCUT2D eigenvalue weighted by molar-refractivity contribution is 0.0659. The number of fused-ring (bicyclic) bond motifs is 2. The Hall–Kier alpha value is -2.95. The lowest BCUT2D eigenvalue weighted by Gasteiger charge is -2.27. The molecule has 0 N–H and O–H groups in total. The smallest absolute Gasteiger partial charge is 0.290 e. The van der Waals surface area contributed by atoms with E-state index in [0.717, 1.165) is 28.0 Å². The van der Waals surface area contributed by atoms with E-state index in [9.17, 15) is 4.79 Å². The molecule has 0 spiro atoms. The van der Waals surface area contributed by atoms with E-state index >= 15 is 0 Å². The second-order valence-corrected chi connectivity index (χ2v) is 6.65. The lowest BCUT2D eigenvalue weighted by atomic mass is 10.1. The van der Waals surface area contributed by atoms with Gasteiger partial charge in [0, 0.05) is 18.0 Å². The van der Waals surface area contributed by atoms with Crippen molar-refractivity contribution < 1.29 is 18.7 Å². The van der Waals surface area contributed by atoms with E-state index < -0.39 is 0 Å². The highest BCUT2D eigenvalue weighted by Gasteiger charge is 2.23. The average Bonchev–Trinajstić information content (AvgIpc) is 3.09. The van der Waals surface area contributed by atoms with Crippen LogP contribution in [0.5, 0.6) is 11.5 Å². The summed E-state index contributed by atoms with van der Waals surface area (Å²) in [6.07, 6.45) is 0. The quantitative estimate of drug-likeness (QED) is 0.705. The average molecular weight is 351 g/mol. The van der Waals surface area contributed by atoms with Gasteiger partial charge in [-0.1, -0.05) is 24.3 Å². The maximum absolute atomic E-state index is 13.0. The fourth-order valence-corrected chi connectivity index (χ4v) is 3.10. The molecule has 1 aliphatic heterocycles. The largest absolute Gasteiger partial charge is 0.486 e. The minimum atomic E-state index is -0.119. The summed E-state index contributed by atoms with van der Waals surface area (Å²) in [5, 5.41) is 0.930. The number of furan rings is 1. The molecule has 3 aromatic rings. The van der Waals surface area contributed by atoms with Crippen LogP contribution < -0.4 is 9.47 Å². The molecule has 26 heavy (non-hydrogen) atoms. The van der Waals surface area contributed by atoms with Crippen molar-refractivity contribution in [3.8, 4) is 11.5 Å². The number of hydrogen-bond acceptors (Lipinski definition) is 4. The first kappa shape index (κ1) is 16.5. The molecule has 4 rings (SSSR count). The van der Waals surface area contributed by atoms with Crippen molar-refractivity contribution in [2.45, 2.75) is 26.4 Å². The van der Waals surface area contributed by atoms with Gasteiger partial charge in [0.15, 0.2) is 17.3 Å². The molecule has 2 heterocycles. The Labute approximate surface area is 152 Å². The van der Waals surface area contributed by atoms with Gasteiger partial charge in [-0.25, -0.2) is 0 Å². The van der Waals surface area contributed by atoms with Crippen LogP contribution in [-0.4, -0.2) is 30.1 Å². The van der Waals surface area contributed by atoms with Gasteiger partial charge in [-0.05, 0) is 43.7 Å². The Morgan fingerprint density at radius 2 is 1.81 bits per heavy atom. The van der Waals surface area contributed by atoms with Crippen LogP contribution in [0.3, 0.4) is 0 Å². The first-order valence-corrected chi connectivity index (χ1v) is 8.80. The van der Waals surface area contributed by atoms with Crippen molar-refractivity contribution in [2.24, 2.45) is 0 Å². The van der Waals surface area contributed by atoms with Gasteiger partial charge in [-0.2, -0.15) is 0 Å². The molecule has 0 bridgehead atoms. The number of amides is 1. The third-order valence-electron chi connectivity index (χ3n) is 4.48. The fraction of sp³-hybridized carbons (Fsp3) is 0.286. The van der Waals surface area contributed by atoms with Gasteiger partial charge in [-0.3, -0.25) is 4.79 Å². The molecule has 1 aromatic heterocycles. The Kier molecular flexibility index (Phi) is 4.29. The number of carbonyl (C=O) groups excluding carboxylic acids is 1. The van der Waals surface area contributed by atoms with Crippen LogP contribution in [0.1, 0.15) is 30.0 Å². The van der Waals surface area contributed by atoms with Crippen LogP contribution in [0.4, 0.5) is 0 Å². The van der Waals surface area contributed by atoms with Crippen LogP contribution in [-0.2, 0) is 6.54 Å². The second-order valence-electron chi connectivity index (χ2n) is 6.65. The van der Waals surface area contributed by atoms with E-state index in [1.807, 2.05) is 56.3 Å². The predicted molar refractivity (Wildman–Crippen MR) is 98.7 cm³/mol. The van der Waals surface area contributed by atoms with Crippen molar-refractivity contribution in [2.75, 3.05) is 13.2 Å². The van der Waals surface area contributed by atoms with Crippen LogP contribution in [0, 0.1) is 0 Å². The van der Waals surface area contributed by atoms with Gasteiger partial charge in [0.25, 0.3) is 5.91 Å². The number of hydrogen-bond donors (Lipinski definition) is 0. The topological polar surface area (TPSA) is 51.9 Å². The maximum atomic E-state index is 13.0. The zero-order valence-corrected chi connectivity index (χ0v) is 14.9. The zero-order valence-electron chi connectivity index (χ0n) is 14.9. The third-order valence-corrected chi connectivity index (χ3v) is 4.48. The summed E-state index contributed by atoms with van der Waals surface area (Å²) in [5.74, 6) is 1.72. The molecule has 1 aliphatic rings. The molecular formula is C21H21NO4. The monoisotopic (exact) mass is 351 g/mol. The number of ether oxygens (including phenoxy) is 2. The number of carbonyl (C=O) groups is 1. The van der Waals surface area contributed by atoms with Gasteiger partial charge >= 0.3 is 0 Å². The van der Waals surface area contributed by atoms with E-state index in [2.05, 4.69) is 0 Å². The molecule has 2 aromatic carbocycles. The summed E-state index contributed by atoms with van der Waals surface area (Å²) in [6, 6.07) is 15.3. The van der Waals surface area contributed by atoms with E-state index in [1.54, 1.807) is 11.0 Å². The molecule has 0 unspecified atom stereocenters. The predicted octanol–water partition coefficient (Wildman–Crippen LogP) is 4.25. The second kappa shape index (κ2) is 6.75. The van der Waals surface area contributed by atoms with Crippen molar-refractivity contribution in [3.05, 3.63) is 59.9 Å². The summed E-state index contributed by atoms with van der Waals surface area (Å²) < 4.78 is 17.0. The zero-order chi connectivity index (χ0) is 18.1. The van der Waals surface area contributed by atoms with Gasteiger partial charge in [0.2, 0.25) is 0 Å². The third kappa shape index (κ3) is 3.12. The normalized spacial score (nSPS) is 13.2. The van der Waals surface area contributed by atoms with E-state index in [1.165, 1.54) is 0 Å². The minimum Gasteiger partial charge on any atom is -0.486 e. The number of benzene rings is 2. The number of nitrogens with zero attached hydrogens (tertiary/aromatic N) is 1. The summed E-state index contributed by atoms with van der Waals surface area (Å²) in [5.41, 5.74) is 1.71. The molecule has 1 amide bonds. The first-order valence-electron chi connectivity index (χ1n) is 8.80. The molecule has 0 atom stereocenters. The minimum absolute atomic E-state index is 0.0314. The van der Waals surface area contributed by atoms with Gasteiger partial charge in [-0.15, -0.1) is 0 Å². The molecule has 5 heteroatoms. The van der Waals surface area contributed by atoms with Crippen molar-refractivity contribution in [1.29, 1.82) is 0 Å². The molecular weight excluding hydrogens is 330 g/mol. The maximum Gasteiger partial charge on any atom is 0.290 e. The molecule has 0 saturated carbocycles. The van der Waals surface area contributed by atoms with Gasteiger partial charge < -0.3 is 18.8 Å². The molecule has 5 nitrogen and oxygen atoms in total. The number of rotatable bonds is 4. The molecule has 134 valence electrons. The first-order chi connectivity index (χ1) is 12.6. The van der Waals surface area contributed by atoms with Gasteiger partial charge in [0.1, 0.15) is 18.8 Å². The summed E-state index contributed by atoms with van der Waals surface area (Å²) >= 11 is 0. The van der Waals surface area contributed by atoms with E-state index in [4.69, 9.17) is 13.9 Å². The summed E-state index contributed by atoms with van der Waals surface area (Å²) in [4.78, 5) is 14.8. The Balaban J connectivity index is 1.60. The molecule has 0 radical (unpaired) electrons. The highest BCUT2D eigenvalue weighted by Crippen LogP contribution is 2.31. The van der Waals surface area contributed by atoms with Crippen LogP contribution in [0.25, 0.3) is 11.0 Å². The van der Waals surface area contributed by atoms with Crippen molar-refractivity contribution >= 4 is 16.9 Å². The fourth-order valence-electron chi connectivity index (χ4n) is 3.10. The van der Waals surface area contributed by atoms with Crippen LogP contribution >= 0.6 is 0 Å². The summed E-state index contributed by atoms with van der Waals surface area (Å²) in [6.45, 7) is 5.58. The summed E-state index contributed by atoms with van der Waals surface area (Å²) in [7, 11) is 0. The Morgan fingerprint density at radius 3 is 2.58 bits per heavy atom. The standard InChI is InChI=1S/C21H21NO4/c1-14(2)22(13-15-7-8-18-19(11-15)25-10-9-24-18)21(23)20-12-16-5-3-4-6-17(16)26-20/h3-8,11-12,14H,9-10,13H2,1-2H3. The Morgan fingerprint density at radius 1 is 1.04 bits per heavy atom. The van der Waals surface area contributed by atoms with Crippen LogP contribution in [0.15, 0.2) is 52.9 Å².